The van der Waals surface area contributed by atoms with Gasteiger partial charge in [-0.25, -0.2) is 0 Å². The maximum atomic E-state index is 12.9. The second kappa shape index (κ2) is 8.55. The molecule has 0 spiro atoms. The van der Waals surface area contributed by atoms with Gasteiger partial charge in [0.25, 0.3) is 0 Å². The Morgan fingerprint density at radius 3 is 2.62 bits per heavy atom. The minimum absolute atomic E-state index is 0.00968. The van der Waals surface area contributed by atoms with Crippen LogP contribution in [0.4, 0.5) is 0 Å². The number of rotatable bonds is 6. The number of likely N-dealkylation sites (tertiary alicyclic amines) is 1. The van der Waals surface area contributed by atoms with Gasteiger partial charge in [0, 0.05) is 33.1 Å². The summed E-state index contributed by atoms with van der Waals surface area (Å²) in [5.74, 6) is 1.25. The third-order valence-corrected chi connectivity index (χ3v) is 5.48. The van der Waals surface area contributed by atoms with Crippen molar-refractivity contribution >= 4 is 11.8 Å². The highest BCUT2D eigenvalue weighted by Gasteiger charge is 2.35. The second-order valence-electron chi connectivity index (χ2n) is 7.65. The number of carbonyl (C=O) groups is 2. The van der Waals surface area contributed by atoms with Crippen molar-refractivity contribution in [3.05, 3.63) is 59.7 Å². The lowest BCUT2D eigenvalue weighted by Gasteiger charge is -2.23. The maximum absolute atomic E-state index is 12.9. The fraction of sp³-hybridized carbons (Fsp3) is 0.391. The van der Waals surface area contributed by atoms with Gasteiger partial charge in [-0.15, -0.1) is 0 Å². The van der Waals surface area contributed by atoms with Crippen molar-refractivity contribution in [1.29, 1.82) is 0 Å². The molecule has 6 heteroatoms. The molecule has 2 aliphatic rings. The Morgan fingerprint density at radius 2 is 1.83 bits per heavy atom. The van der Waals surface area contributed by atoms with Crippen molar-refractivity contribution in [1.82, 2.24) is 9.80 Å². The Morgan fingerprint density at radius 1 is 1.07 bits per heavy atom. The summed E-state index contributed by atoms with van der Waals surface area (Å²) in [6, 6.07) is 15.9. The summed E-state index contributed by atoms with van der Waals surface area (Å²) in [6.07, 6.45) is 1.10. The quantitative estimate of drug-likeness (QED) is 0.755. The number of fused-ring (bicyclic) bond motifs is 1. The first-order valence-electron chi connectivity index (χ1n) is 10.1. The summed E-state index contributed by atoms with van der Waals surface area (Å²) in [7, 11) is 1.79. The van der Waals surface area contributed by atoms with E-state index in [-0.39, 0.29) is 17.7 Å². The number of carbonyl (C=O) groups excluding carboxylic acids is 2. The van der Waals surface area contributed by atoms with Gasteiger partial charge in [-0.1, -0.05) is 36.4 Å². The van der Waals surface area contributed by atoms with E-state index < -0.39 is 0 Å². The third kappa shape index (κ3) is 4.53. The molecule has 29 heavy (non-hydrogen) atoms. The van der Waals surface area contributed by atoms with Gasteiger partial charge in [0.1, 0.15) is 13.2 Å². The lowest BCUT2D eigenvalue weighted by molar-refractivity contribution is -0.135. The molecule has 1 saturated heterocycles. The summed E-state index contributed by atoms with van der Waals surface area (Å²) < 4.78 is 11.2. The van der Waals surface area contributed by atoms with Gasteiger partial charge >= 0.3 is 0 Å². The highest BCUT2D eigenvalue weighted by atomic mass is 16.6. The van der Waals surface area contributed by atoms with E-state index in [1.54, 1.807) is 11.9 Å². The number of ether oxygens (including phenoxy) is 2. The molecule has 1 fully saturated rings. The van der Waals surface area contributed by atoms with Crippen LogP contribution in [0, 0.1) is 5.92 Å². The van der Waals surface area contributed by atoms with Crippen LogP contribution in [0.3, 0.4) is 0 Å². The SMILES string of the molecule is CN(Cc1ccc2c(c1)OCCO2)C(=O)C1CC(=O)N(CCc2ccccc2)C1. The topological polar surface area (TPSA) is 59.1 Å². The van der Waals surface area contributed by atoms with E-state index in [0.717, 1.165) is 23.5 Å². The average molecular weight is 394 g/mol. The zero-order chi connectivity index (χ0) is 20.2. The van der Waals surface area contributed by atoms with Gasteiger partial charge in [0.2, 0.25) is 11.8 Å². The highest BCUT2D eigenvalue weighted by Crippen LogP contribution is 2.31. The van der Waals surface area contributed by atoms with Crippen LogP contribution in [0.25, 0.3) is 0 Å². The molecule has 0 saturated carbocycles. The first-order valence-corrected chi connectivity index (χ1v) is 10.1. The molecule has 2 aromatic rings. The van der Waals surface area contributed by atoms with Crippen molar-refractivity contribution in [3.63, 3.8) is 0 Å². The lowest BCUT2D eigenvalue weighted by atomic mass is 10.1. The van der Waals surface area contributed by atoms with Gasteiger partial charge < -0.3 is 19.3 Å². The third-order valence-electron chi connectivity index (χ3n) is 5.48. The minimum Gasteiger partial charge on any atom is -0.486 e. The molecular weight excluding hydrogens is 368 g/mol. The van der Waals surface area contributed by atoms with Gasteiger partial charge in [-0.2, -0.15) is 0 Å². The Bertz CT molecular complexity index is 884. The minimum atomic E-state index is -0.277. The Labute approximate surface area is 171 Å². The van der Waals surface area contributed by atoms with Gasteiger partial charge in [0.05, 0.1) is 5.92 Å². The molecule has 1 atom stereocenters. The van der Waals surface area contributed by atoms with Crippen LogP contribution in [0.2, 0.25) is 0 Å². The van der Waals surface area contributed by atoms with E-state index in [1.807, 2.05) is 41.3 Å². The number of hydrogen-bond donors (Lipinski definition) is 0. The average Bonchev–Trinajstić information content (AvgIpc) is 3.12. The van der Waals surface area contributed by atoms with E-state index in [2.05, 4.69) is 12.1 Å². The molecule has 2 amide bonds. The summed E-state index contributed by atoms with van der Waals surface area (Å²) in [5, 5.41) is 0. The summed E-state index contributed by atoms with van der Waals surface area (Å²) in [5.41, 5.74) is 2.18. The molecule has 2 aromatic carbocycles. The van der Waals surface area contributed by atoms with E-state index >= 15 is 0 Å². The lowest BCUT2D eigenvalue weighted by Crippen LogP contribution is -2.34. The van der Waals surface area contributed by atoms with E-state index in [1.165, 1.54) is 5.56 Å². The predicted molar refractivity (Wildman–Crippen MR) is 109 cm³/mol. The molecule has 152 valence electrons. The van der Waals surface area contributed by atoms with Crippen LogP contribution < -0.4 is 9.47 Å². The van der Waals surface area contributed by atoms with Crippen molar-refractivity contribution in [2.75, 3.05) is 33.4 Å². The van der Waals surface area contributed by atoms with Crippen molar-refractivity contribution in [2.45, 2.75) is 19.4 Å². The molecule has 0 aromatic heterocycles. The van der Waals surface area contributed by atoms with Crippen molar-refractivity contribution in [2.24, 2.45) is 5.92 Å². The Balaban J connectivity index is 1.32. The summed E-state index contributed by atoms with van der Waals surface area (Å²) in [6.45, 7) is 2.72. The molecule has 0 bridgehead atoms. The Hall–Kier alpha value is -3.02. The van der Waals surface area contributed by atoms with Crippen LogP contribution in [0.5, 0.6) is 11.5 Å². The molecule has 1 unspecified atom stereocenters. The second-order valence-corrected chi connectivity index (χ2v) is 7.65. The van der Waals surface area contributed by atoms with Crippen molar-refractivity contribution in [3.8, 4) is 11.5 Å². The first kappa shape index (κ1) is 19.3. The van der Waals surface area contributed by atoms with Crippen LogP contribution in [-0.4, -0.2) is 55.0 Å². The number of amides is 2. The van der Waals surface area contributed by atoms with Gasteiger partial charge in [-0.05, 0) is 29.7 Å². The molecule has 0 aliphatic carbocycles. The summed E-state index contributed by atoms with van der Waals surface area (Å²) >= 11 is 0. The fourth-order valence-corrected chi connectivity index (χ4v) is 3.91. The smallest absolute Gasteiger partial charge is 0.228 e. The number of nitrogens with zero attached hydrogens (tertiary/aromatic N) is 2. The standard InChI is InChI=1S/C23H26N2O4/c1-24(15-18-7-8-20-21(13-18)29-12-11-28-20)23(27)19-14-22(26)25(16-19)10-9-17-5-3-2-4-6-17/h2-8,13,19H,9-12,14-16H2,1H3. The van der Waals surface area contributed by atoms with E-state index in [9.17, 15) is 9.59 Å². The molecule has 2 aliphatic heterocycles. The molecule has 4 rings (SSSR count). The van der Waals surface area contributed by atoms with Gasteiger partial charge in [-0.3, -0.25) is 9.59 Å². The van der Waals surface area contributed by atoms with Crippen molar-refractivity contribution < 1.29 is 19.1 Å². The van der Waals surface area contributed by atoms with Crippen LogP contribution in [-0.2, 0) is 22.6 Å². The zero-order valence-electron chi connectivity index (χ0n) is 16.7. The van der Waals surface area contributed by atoms with Crippen LogP contribution in [0.15, 0.2) is 48.5 Å². The monoisotopic (exact) mass is 394 g/mol. The molecule has 2 heterocycles. The zero-order valence-corrected chi connectivity index (χ0v) is 16.7. The Kier molecular flexibility index (Phi) is 5.69. The normalized spacial score (nSPS) is 18.0. The highest BCUT2D eigenvalue weighted by molar-refractivity contribution is 5.89. The van der Waals surface area contributed by atoms with Crippen LogP contribution in [0.1, 0.15) is 17.5 Å². The number of hydrogen-bond acceptors (Lipinski definition) is 4. The van der Waals surface area contributed by atoms with E-state index in [4.69, 9.17) is 9.47 Å². The number of benzene rings is 2. The fourth-order valence-electron chi connectivity index (χ4n) is 3.91. The molecule has 0 N–H and O–H groups in total. The van der Waals surface area contributed by atoms with Gasteiger partial charge in [0.15, 0.2) is 11.5 Å². The maximum Gasteiger partial charge on any atom is 0.228 e. The molecular formula is C23H26N2O4. The summed E-state index contributed by atoms with van der Waals surface area (Å²) in [4.78, 5) is 28.8. The largest absolute Gasteiger partial charge is 0.486 e. The molecule has 0 radical (unpaired) electrons. The van der Waals surface area contributed by atoms with E-state index in [0.29, 0.717) is 39.3 Å². The molecule has 6 nitrogen and oxygen atoms in total. The predicted octanol–water partition coefficient (Wildman–Crippen LogP) is 2.51. The van der Waals surface area contributed by atoms with Crippen LogP contribution >= 0.6 is 0 Å². The first-order chi connectivity index (χ1) is 14.1.